The molecule has 1 heterocycles. The van der Waals surface area contributed by atoms with Gasteiger partial charge in [-0.2, -0.15) is 0 Å². The van der Waals surface area contributed by atoms with Gasteiger partial charge in [-0.15, -0.1) is 24.0 Å². The molecule has 0 radical (unpaired) electrons. The zero-order valence-electron chi connectivity index (χ0n) is 14.4. The SMILES string of the molecule is CN=C(NCc1cc(OC)c(O)c(OC)c1)NCc1ccccn1.I. The van der Waals surface area contributed by atoms with Crippen LogP contribution >= 0.6 is 24.0 Å². The molecule has 0 aliphatic carbocycles. The molecule has 0 amide bonds. The van der Waals surface area contributed by atoms with Crippen LogP contribution in [0.3, 0.4) is 0 Å². The highest BCUT2D eigenvalue weighted by Crippen LogP contribution is 2.36. The van der Waals surface area contributed by atoms with Crippen LogP contribution in [0.4, 0.5) is 0 Å². The molecule has 0 aliphatic rings. The molecular formula is C17H23IN4O3. The van der Waals surface area contributed by atoms with Crippen molar-refractivity contribution < 1.29 is 14.6 Å². The summed E-state index contributed by atoms with van der Waals surface area (Å²) in [5.74, 6) is 1.36. The molecule has 0 aliphatic heterocycles. The van der Waals surface area contributed by atoms with Crippen molar-refractivity contribution in [2.75, 3.05) is 21.3 Å². The van der Waals surface area contributed by atoms with Crippen molar-refractivity contribution in [3.8, 4) is 17.2 Å². The molecule has 7 nitrogen and oxygen atoms in total. The summed E-state index contributed by atoms with van der Waals surface area (Å²) >= 11 is 0. The van der Waals surface area contributed by atoms with Gasteiger partial charge in [0.15, 0.2) is 17.5 Å². The van der Waals surface area contributed by atoms with Gasteiger partial charge in [0.25, 0.3) is 0 Å². The van der Waals surface area contributed by atoms with Crippen LogP contribution in [0.5, 0.6) is 17.2 Å². The zero-order valence-corrected chi connectivity index (χ0v) is 16.8. The van der Waals surface area contributed by atoms with E-state index in [1.807, 2.05) is 18.2 Å². The van der Waals surface area contributed by atoms with Crippen molar-refractivity contribution in [2.24, 2.45) is 4.99 Å². The second-order valence-electron chi connectivity index (χ2n) is 4.95. The summed E-state index contributed by atoms with van der Waals surface area (Å²) in [5, 5.41) is 16.3. The first-order valence-electron chi connectivity index (χ1n) is 7.46. The number of hydrogen-bond donors (Lipinski definition) is 3. The highest BCUT2D eigenvalue weighted by molar-refractivity contribution is 14.0. The number of aliphatic imine (C=N–C) groups is 1. The first-order valence-corrected chi connectivity index (χ1v) is 7.46. The van der Waals surface area contributed by atoms with E-state index in [2.05, 4.69) is 20.6 Å². The predicted molar refractivity (Wildman–Crippen MR) is 108 cm³/mol. The highest BCUT2D eigenvalue weighted by atomic mass is 127. The largest absolute Gasteiger partial charge is 0.502 e. The van der Waals surface area contributed by atoms with Crippen LogP contribution in [0.15, 0.2) is 41.5 Å². The number of ether oxygens (including phenoxy) is 2. The van der Waals surface area contributed by atoms with Gasteiger partial charge in [-0.1, -0.05) is 6.07 Å². The standard InChI is InChI=1S/C17H22N4O3.HI/c1-18-17(21-11-13-6-4-5-7-19-13)20-10-12-8-14(23-2)16(22)15(9-12)24-3;/h4-9,22H,10-11H2,1-3H3,(H2,18,20,21);1H. The lowest BCUT2D eigenvalue weighted by molar-refractivity contribution is 0.339. The maximum Gasteiger partial charge on any atom is 0.200 e. The second-order valence-corrected chi connectivity index (χ2v) is 4.95. The number of nitrogens with zero attached hydrogens (tertiary/aromatic N) is 2. The van der Waals surface area contributed by atoms with Crippen molar-refractivity contribution in [3.63, 3.8) is 0 Å². The Bertz CT molecular complexity index is 671. The summed E-state index contributed by atoms with van der Waals surface area (Å²) in [4.78, 5) is 8.43. The third-order valence-electron chi connectivity index (χ3n) is 3.39. The number of hydrogen-bond acceptors (Lipinski definition) is 5. The fourth-order valence-electron chi connectivity index (χ4n) is 2.13. The molecule has 136 valence electrons. The minimum absolute atomic E-state index is 0. The molecule has 0 fully saturated rings. The minimum atomic E-state index is -0.0126. The summed E-state index contributed by atoms with van der Waals surface area (Å²) in [6.07, 6.45) is 1.75. The maximum atomic E-state index is 9.93. The van der Waals surface area contributed by atoms with Crippen LogP contribution in [0, 0.1) is 0 Å². The summed E-state index contributed by atoms with van der Waals surface area (Å²) < 4.78 is 10.3. The minimum Gasteiger partial charge on any atom is -0.502 e. The molecule has 0 saturated carbocycles. The molecule has 2 aromatic rings. The Balaban J connectivity index is 0.00000312. The number of aromatic nitrogens is 1. The molecule has 0 unspecified atom stereocenters. The van der Waals surface area contributed by atoms with Gasteiger partial charge in [0.05, 0.1) is 26.5 Å². The van der Waals surface area contributed by atoms with E-state index in [-0.39, 0.29) is 29.7 Å². The number of aromatic hydroxyl groups is 1. The number of pyridine rings is 1. The van der Waals surface area contributed by atoms with Gasteiger partial charge in [-0.3, -0.25) is 9.98 Å². The fraction of sp³-hybridized carbons (Fsp3) is 0.294. The molecule has 1 aromatic heterocycles. The second kappa shape index (κ2) is 10.6. The Kier molecular flexibility index (Phi) is 8.82. The van der Waals surface area contributed by atoms with E-state index in [0.29, 0.717) is 30.5 Å². The Morgan fingerprint density at radius 2 is 1.76 bits per heavy atom. The molecule has 1 aromatic carbocycles. The smallest absolute Gasteiger partial charge is 0.200 e. The van der Waals surface area contributed by atoms with Crippen molar-refractivity contribution in [2.45, 2.75) is 13.1 Å². The van der Waals surface area contributed by atoms with Gasteiger partial charge >= 0.3 is 0 Å². The van der Waals surface area contributed by atoms with Gasteiger partial charge in [-0.05, 0) is 29.8 Å². The number of phenolic OH excluding ortho intramolecular Hbond substituents is 1. The molecule has 8 heteroatoms. The van der Waals surface area contributed by atoms with Crippen LogP contribution in [-0.2, 0) is 13.1 Å². The van der Waals surface area contributed by atoms with E-state index >= 15 is 0 Å². The van der Waals surface area contributed by atoms with Crippen LogP contribution in [0.25, 0.3) is 0 Å². The lowest BCUT2D eigenvalue weighted by Crippen LogP contribution is -2.36. The molecular weight excluding hydrogens is 435 g/mol. The Morgan fingerprint density at radius 1 is 1.12 bits per heavy atom. The highest BCUT2D eigenvalue weighted by Gasteiger charge is 2.11. The Hall–Kier alpha value is -2.23. The molecule has 0 atom stereocenters. The van der Waals surface area contributed by atoms with E-state index < -0.39 is 0 Å². The van der Waals surface area contributed by atoms with Crippen LogP contribution in [0.1, 0.15) is 11.3 Å². The first kappa shape index (κ1) is 20.8. The normalized spacial score (nSPS) is 10.6. The molecule has 0 spiro atoms. The number of guanidine groups is 1. The summed E-state index contributed by atoms with van der Waals surface area (Å²) in [6.45, 7) is 1.07. The molecule has 3 N–H and O–H groups in total. The van der Waals surface area contributed by atoms with Gasteiger partial charge in [0.2, 0.25) is 5.75 Å². The van der Waals surface area contributed by atoms with Crippen molar-refractivity contribution in [1.29, 1.82) is 0 Å². The number of benzene rings is 1. The Morgan fingerprint density at radius 3 is 2.28 bits per heavy atom. The maximum absolute atomic E-state index is 9.93. The number of phenols is 1. The fourth-order valence-corrected chi connectivity index (χ4v) is 2.13. The van der Waals surface area contributed by atoms with E-state index in [0.717, 1.165) is 11.3 Å². The van der Waals surface area contributed by atoms with Gasteiger partial charge < -0.3 is 25.2 Å². The Labute approximate surface area is 164 Å². The van der Waals surface area contributed by atoms with Gasteiger partial charge in [0, 0.05) is 19.8 Å². The van der Waals surface area contributed by atoms with E-state index in [4.69, 9.17) is 9.47 Å². The number of rotatable bonds is 6. The predicted octanol–water partition coefficient (Wildman–Crippen LogP) is 2.29. The molecule has 25 heavy (non-hydrogen) atoms. The van der Waals surface area contributed by atoms with E-state index in [1.54, 1.807) is 25.4 Å². The van der Waals surface area contributed by atoms with Crippen molar-refractivity contribution >= 4 is 29.9 Å². The van der Waals surface area contributed by atoms with Gasteiger partial charge in [0.1, 0.15) is 0 Å². The third-order valence-corrected chi connectivity index (χ3v) is 3.39. The number of methoxy groups -OCH3 is 2. The lowest BCUT2D eigenvalue weighted by Gasteiger charge is -2.14. The van der Waals surface area contributed by atoms with Crippen molar-refractivity contribution in [3.05, 3.63) is 47.8 Å². The lowest BCUT2D eigenvalue weighted by atomic mass is 10.2. The number of nitrogens with one attached hydrogen (secondary N) is 2. The van der Waals surface area contributed by atoms with E-state index in [9.17, 15) is 5.11 Å². The van der Waals surface area contributed by atoms with Crippen LogP contribution in [-0.4, -0.2) is 37.3 Å². The van der Waals surface area contributed by atoms with E-state index in [1.165, 1.54) is 14.2 Å². The topological polar surface area (TPSA) is 88.0 Å². The van der Waals surface area contributed by atoms with Crippen molar-refractivity contribution in [1.82, 2.24) is 15.6 Å². The summed E-state index contributed by atoms with van der Waals surface area (Å²) in [7, 11) is 4.70. The number of halogens is 1. The molecule has 2 rings (SSSR count). The van der Waals surface area contributed by atoms with Crippen LogP contribution < -0.4 is 20.1 Å². The summed E-state index contributed by atoms with van der Waals surface area (Å²) in [6, 6.07) is 9.25. The quantitative estimate of drug-likeness (QED) is 0.350. The van der Waals surface area contributed by atoms with Crippen LogP contribution in [0.2, 0.25) is 0 Å². The van der Waals surface area contributed by atoms with Gasteiger partial charge in [-0.25, -0.2) is 0 Å². The molecule has 0 bridgehead atoms. The zero-order chi connectivity index (χ0) is 17.4. The first-order chi connectivity index (χ1) is 11.7. The average Bonchev–Trinajstić information content (AvgIpc) is 2.63. The average molecular weight is 458 g/mol. The molecule has 0 saturated heterocycles. The summed E-state index contributed by atoms with van der Waals surface area (Å²) in [5.41, 5.74) is 1.82. The monoisotopic (exact) mass is 458 g/mol. The third kappa shape index (κ3) is 5.96.